The standard InChI is InChI=1S/CN.Co.K.H/c1-2;;;. The van der Waals surface area contributed by atoms with Crippen LogP contribution < -0.4 is 0 Å². The van der Waals surface area contributed by atoms with Gasteiger partial charge in [0.25, 0.3) is 0 Å². The maximum atomic E-state index is 7.18. The molecule has 0 spiro atoms. The Morgan fingerprint density at radius 1 is 1.75 bits per heavy atom. The van der Waals surface area contributed by atoms with Gasteiger partial charge in [-0.15, -0.1) is 0 Å². The minimum atomic E-state index is 0. The van der Waals surface area contributed by atoms with Crippen molar-refractivity contribution in [3.8, 4) is 5.00 Å². The van der Waals surface area contributed by atoms with Gasteiger partial charge in [-0.05, 0) is 0 Å². The van der Waals surface area contributed by atoms with Crippen LogP contribution in [0.5, 0.6) is 0 Å². The molecule has 3 heteroatoms. The molecule has 0 atom stereocenters. The molecular formula is CHCoKN. The van der Waals surface area contributed by atoms with Crippen molar-refractivity contribution >= 4 is 51.4 Å². The predicted octanol–water partition coefficient (Wildman–Crippen LogP) is -0.634. The van der Waals surface area contributed by atoms with Crippen molar-refractivity contribution in [3.63, 3.8) is 0 Å². The van der Waals surface area contributed by atoms with Crippen LogP contribution in [-0.4, -0.2) is 51.4 Å². The average molecular weight is 125 g/mol. The first kappa shape index (κ1) is 9.16. The Kier molecular flexibility index (Phi) is 20.2. The van der Waals surface area contributed by atoms with Crippen molar-refractivity contribution < 1.29 is 15.7 Å². The third kappa shape index (κ3) is 9.45. The molecular weight excluding hydrogens is 124 g/mol. The van der Waals surface area contributed by atoms with E-state index in [1.54, 1.807) is 0 Å². The van der Waals surface area contributed by atoms with Gasteiger partial charge in [0.15, 0.2) is 0 Å². The topological polar surface area (TPSA) is 23.8 Å². The molecule has 0 aliphatic heterocycles. The maximum absolute atomic E-state index is 7.18. The molecule has 0 unspecified atom stereocenters. The summed E-state index contributed by atoms with van der Waals surface area (Å²) in [5.74, 6) is 0. The molecule has 0 fully saturated rings. The fourth-order valence-electron chi connectivity index (χ4n) is 0. The van der Waals surface area contributed by atoms with Crippen LogP contribution in [0.15, 0.2) is 0 Å². The van der Waals surface area contributed by atoms with Crippen molar-refractivity contribution in [1.82, 2.24) is 0 Å². The van der Waals surface area contributed by atoms with Crippen LogP contribution in [0.4, 0.5) is 0 Å². The molecule has 4 heavy (non-hydrogen) atoms. The molecule has 0 aromatic rings. The van der Waals surface area contributed by atoms with Crippen molar-refractivity contribution in [2.45, 2.75) is 0 Å². The van der Waals surface area contributed by atoms with E-state index in [2.05, 4.69) is 15.7 Å². The van der Waals surface area contributed by atoms with Gasteiger partial charge in [-0.1, -0.05) is 0 Å². The molecule has 0 saturated heterocycles. The first-order valence-electron chi connectivity index (χ1n) is 0.390. The number of rotatable bonds is 0. The Hall–Kier alpha value is 1.63. The minimum absolute atomic E-state index is 0. The SMILES string of the molecule is N#[C][Co].[KH]. The molecule has 0 amide bonds. The molecule has 0 aliphatic carbocycles. The van der Waals surface area contributed by atoms with E-state index in [0.29, 0.717) is 0 Å². The second-order valence-corrected chi connectivity index (χ2v) is 0.307. The van der Waals surface area contributed by atoms with Crippen LogP contribution in [0, 0.1) is 10.3 Å². The van der Waals surface area contributed by atoms with Crippen molar-refractivity contribution in [2.75, 3.05) is 0 Å². The molecule has 0 saturated carbocycles. The van der Waals surface area contributed by atoms with Gasteiger partial charge in [0.1, 0.15) is 0 Å². The number of hydrogen-bond acceptors (Lipinski definition) is 1. The van der Waals surface area contributed by atoms with E-state index in [-0.39, 0.29) is 51.4 Å². The van der Waals surface area contributed by atoms with Crippen LogP contribution in [0.3, 0.4) is 0 Å². The van der Waals surface area contributed by atoms with Gasteiger partial charge >= 0.3 is 77.4 Å². The Bertz CT molecular complexity index is 29.5. The predicted molar refractivity (Wildman–Crippen MR) is 12.8 cm³/mol. The zero-order valence-corrected chi connectivity index (χ0v) is 2.32. The Morgan fingerprint density at radius 3 is 1.75 bits per heavy atom. The normalized spacial score (nSPS) is 2.25. The van der Waals surface area contributed by atoms with Crippen LogP contribution in [0.2, 0.25) is 0 Å². The second-order valence-electron chi connectivity index (χ2n) is 0.0745. The Balaban J connectivity index is 0. The summed E-state index contributed by atoms with van der Waals surface area (Å²) in [6.07, 6.45) is 0. The average Bonchev–Trinajstić information content (AvgIpc) is 0.918. The van der Waals surface area contributed by atoms with Crippen molar-refractivity contribution in [3.05, 3.63) is 0 Å². The number of hydrogen-bond donors (Lipinski definition) is 0. The summed E-state index contributed by atoms with van der Waals surface area (Å²) < 4.78 is 0. The molecule has 0 heterocycles. The van der Waals surface area contributed by atoms with E-state index in [4.69, 9.17) is 5.26 Å². The van der Waals surface area contributed by atoms with E-state index in [1.165, 1.54) is 5.00 Å². The van der Waals surface area contributed by atoms with Crippen LogP contribution in [0.25, 0.3) is 0 Å². The monoisotopic (exact) mass is 125 g/mol. The van der Waals surface area contributed by atoms with Gasteiger partial charge in [-0.3, -0.25) is 0 Å². The first-order valence-corrected chi connectivity index (χ1v) is 0.911. The van der Waals surface area contributed by atoms with Gasteiger partial charge in [0.2, 0.25) is 0 Å². The van der Waals surface area contributed by atoms with Crippen LogP contribution in [0.1, 0.15) is 0 Å². The summed E-state index contributed by atoms with van der Waals surface area (Å²) >= 11 is 3.13. The summed E-state index contributed by atoms with van der Waals surface area (Å²) in [6, 6.07) is 0. The fourth-order valence-corrected chi connectivity index (χ4v) is 0. The van der Waals surface area contributed by atoms with Crippen molar-refractivity contribution in [2.24, 2.45) is 0 Å². The van der Waals surface area contributed by atoms with E-state index in [9.17, 15) is 0 Å². The third-order valence-electron chi connectivity index (χ3n) is 0. The molecule has 0 bridgehead atoms. The molecule has 0 aromatic heterocycles. The molecule has 0 N–H and O–H groups in total. The quantitative estimate of drug-likeness (QED) is 0.395. The Labute approximate surface area is 75.8 Å². The third-order valence-corrected chi connectivity index (χ3v) is 0. The zero-order valence-electron chi connectivity index (χ0n) is 1.28. The summed E-state index contributed by atoms with van der Waals surface area (Å²) in [5, 5.41) is 8.62. The van der Waals surface area contributed by atoms with Gasteiger partial charge in [-0.2, -0.15) is 0 Å². The molecule has 0 rings (SSSR count). The molecule has 0 radical (unpaired) electrons. The molecule has 0 aliphatic rings. The van der Waals surface area contributed by atoms with E-state index in [1.807, 2.05) is 0 Å². The van der Waals surface area contributed by atoms with E-state index in [0.717, 1.165) is 0 Å². The Morgan fingerprint density at radius 2 is 1.75 bits per heavy atom. The molecule has 0 aromatic carbocycles. The van der Waals surface area contributed by atoms with Crippen LogP contribution in [-0.2, 0) is 15.7 Å². The van der Waals surface area contributed by atoms with Crippen LogP contribution >= 0.6 is 0 Å². The first-order chi connectivity index (χ1) is 1.41. The summed E-state index contributed by atoms with van der Waals surface area (Å²) in [7, 11) is 0. The van der Waals surface area contributed by atoms with Crippen molar-refractivity contribution in [1.29, 1.82) is 5.26 Å². The zero-order chi connectivity index (χ0) is 2.71. The van der Waals surface area contributed by atoms with Gasteiger partial charge < -0.3 is 0 Å². The van der Waals surface area contributed by atoms with Gasteiger partial charge in [0.05, 0.1) is 0 Å². The molecule has 1 nitrogen and oxygen atoms in total. The fraction of sp³-hybridized carbons (Fsp3) is 0. The summed E-state index contributed by atoms with van der Waals surface area (Å²) in [4.78, 5) is 0. The second kappa shape index (κ2) is 8.82. The van der Waals surface area contributed by atoms with Gasteiger partial charge in [0, 0.05) is 0 Å². The summed E-state index contributed by atoms with van der Waals surface area (Å²) in [5.41, 5.74) is 0. The molecule has 20 valence electrons. The number of nitrogens with zero attached hydrogens (tertiary/aromatic N) is 1. The van der Waals surface area contributed by atoms with E-state index < -0.39 is 0 Å². The summed E-state index contributed by atoms with van der Waals surface area (Å²) in [6.45, 7) is 0. The van der Waals surface area contributed by atoms with E-state index >= 15 is 0 Å². The van der Waals surface area contributed by atoms with Gasteiger partial charge in [-0.25, -0.2) is 0 Å². The number of nitriles is 1.